The van der Waals surface area contributed by atoms with Gasteiger partial charge in [0.1, 0.15) is 28.9 Å². The zero-order valence-corrected chi connectivity index (χ0v) is 32.9. The average molecular weight is 804 g/mol. The van der Waals surface area contributed by atoms with Crippen molar-refractivity contribution in [3.63, 3.8) is 0 Å². The van der Waals surface area contributed by atoms with E-state index in [2.05, 4.69) is 45.3 Å². The van der Waals surface area contributed by atoms with Gasteiger partial charge in [-0.2, -0.15) is 0 Å². The van der Waals surface area contributed by atoms with Crippen LogP contribution in [0.2, 0.25) is 0 Å². The number of nitrogens with zero attached hydrogens (tertiary/aromatic N) is 9. The molecule has 304 valence electrons. The van der Waals surface area contributed by atoms with Gasteiger partial charge in [0.05, 0.1) is 22.8 Å². The van der Waals surface area contributed by atoms with Crippen LogP contribution >= 0.6 is 0 Å². The number of rotatable bonds is 10. The van der Waals surface area contributed by atoms with Crippen LogP contribution in [0.15, 0.2) is 54.9 Å². The number of hydrogen-bond donors (Lipinski definition) is 2. The number of aryl methyl sites for hydroxylation is 1. The number of piperazine rings is 1. The molecule has 4 aliphatic rings. The molecule has 0 saturated carbocycles. The molecule has 4 aliphatic heterocycles. The molecule has 0 spiro atoms. The number of carbonyl (C=O) groups excluding carboxylic acids is 4. The van der Waals surface area contributed by atoms with Gasteiger partial charge in [0.25, 0.3) is 11.8 Å². The highest BCUT2D eigenvalue weighted by Crippen LogP contribution is 2.34. The molecule has 3 saturated heterocycles. The summed E-state index contributed by atoms with van der Waals surface area (Å²) in [5.41, 5.74) is 3.57. The molecule has 3 fully saturated rings. The number of imide groups is 2. The lowest BCUT2D eigenvalue weighted by Crippen LogP contribution is -2.54. The predicted molar refractivity (Wildman–Crippen MR) is 214 cm³/mol. The predicted octanol–water partition coefficient (Wildman–Crippen LogP) is 4.45. The maximum absolute atomic E-state index is 15.1. The number of carbonyl (C=O) groups is 4. The highest BCUT2D eigenvalue weighted by Gasteiger charge is 2.45. The Balaban J connectivity index is 0.750. The van der Waals surface area contributed by atoms with E-state index in [-0.39, 0.29) is 47.2 Å². The number of anilines is 3. The van der Waals surface area contributed by atoms with Crippen LogP contribution < -0.4 is 15.5 Å². The third-order valence-corrected chi connectivity index (χ3v) is 11.7. The lowest BCUT2D eigenvalue weighted by Gasteiger charge is -2.45. The van der Waals surface area contributed by atoms with E-state index in [9.17, 15) is 19.2 Å². The Labute approximate surface area is 338 Å². The molecule has 59 heavy (non-hydrogen) atoms. The van der Waals surface area contributed by atoms with Gasteiger partial charge in [-0.25, -0.2) is 28.7 Å². The van der Waals surface area contributed by atoms with Crippen molar-refractivity contribution >= 4 is 52.1 Å². The first-order valence-electron chi connectivity index (χ1n) is 19.9. The zero-order valence-electron chi connectivity index (χ0n) is 32.9. The number of pyridine rings is 1. The van der Waals surface area contributed by atoms with Gasteiger partial charge in [0.15, 0.2) is 11.6 Å². The van der Waals surface area contributed by atoms with E-state index in [1.165, 1.54) is 6.07 Å². The molecular formula is C42H43F2N11O4. The minimum Gasteiger partial charge on any atom is -0.371 e. The molecule has 9 rings (SSSR count). The maximum atomic E-state index is 15.1. The van der Waals surface area contributed by atoms with E-state index in [0.29, 0.717) is 28.6 Å². The number of fused-ring (bicyclic) bond motifs is 2. The Bertz CT molecular complexity index is 2510. The van der Waals surface area contributed by atoms with Crippen LogP contribution in [0.4, 0.5) is 26.2 Å². The maximum Gasteiger partial charge on any atom is 0.262 e. The summed E-state index contributed by atoms with van der Waals surface area (Å²) in [5, 5.41) is 5.28. The number of imidazole rings is 1. The third kappa shape index (κ3) is 7.28. The second-order valence-corrected chi connectivity index (χ2v) is 16.0. The molecule has 1 atom stereocenters. The van der Waals surface area contributed by atoms with Crippen molar-refractivity contribution in [1.29, 1.82) is 0 Å². The summed E-state index contributed by atoms with van der Waals surface area (Å²) in [5.74, 6) is -1.45. The normalized spacial score (nSPS) is 19.2. The molecule has 2 N–H and O–H groups in total. The number of halogens is 2. The minimum absolute atomic E-state index is 0.0278. The molecule has 4 amide bonds. The van der Waals surface area contributed by atoms with Gasteiger partial charge in [-0.15, -0.1) is 0 Å². The lowest BCUT2D eigenvalue weighted by atomic mass is 9.97. The lowest BCUT2D eigenvalue weighted by molar-refractivity contribution is -0.136. The molecule has 15 nitrogen and oxygen atoms in total. The van der Waals surface area contributed by atoms with Gasteiger partial charge >= 0.3 is 0 Å². The van der Waals surface area contributed by atoms with Crippen LogP contribution in [0.25, 0.3) is 22.3 Å². The van der Waals surface area contributed by atoms with Gasteiger partial charge in [0, 0.05) is 88.2 Å². The first-order valence-corrected chi connectivity index (χ1v) is 19.9. The molecule has 2 aromatic carbocycles. The summed E-state index contributed by atoms with van der Waals surface area (Å²) in [6.45, 7) is 12.9. The van der Waals surface area contributed by atoms with Crippen LogP contribution in [-0.4, -0.2) is 115 Å². The van der Waals surface area contributed by atoms with Gasteiger partial charge in [0.2, 0.25) is 17.8 Å². The second-order valence-electron chi connectivity index (χ2n) is 16.0. The van der Waals surface area contributed by atoms with Crippen molar-refractivity contribution in [1.82, 2.24) is 44.5 Å². The summed E-state index contributed by atoms with van der Waals surface area (Å²) in [4.78, 5) is 75.8. The molecular weight excluding hydrogens is 761 g/mol. The summed E-state index contributed by atoms with van der Waals surface area (Å²) in [6.07, 6.45) is 3.08. The largest absolute Gasteiger partial charge is 0.371 e. The van der Waals surface area contributed by atoms with E-state index in [1.807, 2.05) is 43.5 Å². The summed E-state index contributed by atoms with van der Waals surface area (Å²) in [7, 11) is 0. The monoisotopic (exact) mass is 803 g/mol. The molecule has 0 bridgehead atoms. The topological polar surface area (TPSA) is 162 Å². The first kappa shape index (κ1) is 38.3. The first-order chi connectivity index (χ1) is 28.4. The quantitative estimate of drug-likeness (QED) is 0.191. The Morgan fingerprint density at radius 1 is 0.864 bits per heavy atom. The molecule has 1 unspecified atom stereocenters. The summed E-state index contributed by atoms with van der Waals surface area (Å²) >= 11 is 0. The number of nitrogens with one attached hydrogen (secondary N) is 2. The fourth-order valence-electron chi connectivity index (χ4n) is 8.70. The SMILES string of the molecule is Cc1nc2c(F)cc(-c3nc(Nc4ccc(CN5CCN(CC6CN(c7ccc8c(c7)C(=O)N(C7CCC(=O)NC7=O)C8=O)C6)CC5)cn4)ncc3F)cc2n1C(C)C. The van der Waals surface area contributed by atoms with E-state index < -0.39 is 41.3 Å². The van der Waals surface area contributed by atoms with Crippen molar-refractivity contribution in [2.45, 2.75) is 52.2 Å². The highest BCUT2D eigenvalue weighted by atomic mass is 19.1. The second kappa shape index (κ2) is 15.2. The Kier molecular flexibility index (Phi) is 9.87. The van der Waals surface area contributed by atoms with Crippen LogP contribution in [0.5, 0.6) is 0 Å². The van der Waals surface area contributed by atoms with E-state index in [0.717, 1.165) is 74.7 Å². The standard InChI is InChI=1S/C42H43F2N11O4/c1-23(2)54-24(3)47-38-31(43)14-27(15-34(38)54)37-32(44)18-46-42(50-37)48-35-8-4-25(17-45-35)19-51-10-12-52(13-11-51)20-26-21-53(22-26)28-5-6-29-30(16-28)41(59)55(40(29)58)33-7-9-36(56)49-39(33)57/h4-6,8,14-18,23,26,33H,7,9-13,19-22H2,1-3H3,(H,49,56,57)(H,45,46,48,50). The number of hydrogen-bond acceptors (Lipinski definition) is 12. The van der Waals surface area contributed by atoms with Gasteiger partial charge in [-0.3, -0.25) is 34.3 Å². The Morgan fingerprint density at radius 2 is 1.63 bits per heavy atom. The Morgan fingerprint density at radius 3 is 2.36 bits per heavy atom. The molecule has 0 radical (unpaired) electrons. The van der Waals surface area contributed by atoms with Crippen molar-refractivity contribution in [2.24, 2.45) is 5.92 Å². The van der Waals surface area contributed by atoms with Crippen molar-refractivity contribution < 1.29 is 28.0 Å². The van der Waals surface area contributed by atoms with E-state index in [4.69, 9.17) is 0 Å². The molecule has 7 heterocycles. The van der Waals surface area contributed by atoms with Gasteiger partial charge in [-0.05, 0) is 69.2 Å². The highest BCUT2D eigenvalue weighted by molar-refractivity contribution is 6.23. The van der Waals surface area contributed by atoms with E-state index in [1.54, 1.807) is 24.4 Å². The minimum atomic E-state index is -0.980. The fraction of sp³-hybridized carbons (Fsp3) is 0.381. The number of aromatic nitrogens is 5. The van der Waals surface area contributed by atoms with Crippen LogP contribution in [0.3, 0.4) is 0 Å². The van der Waals surface area contributed by atoms with Gasteiger partial charge < -0.3 is 19.7 Å². The van der Waals surface area contributed by atoms with Crippen molar-refractivity contribution in [2.75, 3.05) is 56.0 Å². The average Bonchev–Trinajstić information content (AvgIpc) is 3.67. The van der Waals surface area contributed by atoms with Crippen molar-refractivity contribution in [3.8, 4) is 11.3 Å². The molecule has 5 aromatic rings. The van der Waals surface area contributed by atoms with Crippen LogP contribution in [-0.2, 0) is 16.1 Å². The third-order valence-electron chi connectivity index (χ3n) is 11.7. The summed E-state index contributed by atoms with van der Waals surface area (Å²) < 4.78 is 32.1. The fourth-order valence-corrected chi connectivity index (χ4v) is 8.70. The number of benzene rings is 2. The number of amides is 4. The molecule has 17 heteroatoms. The summed E-state index contributed by atoms with van der Waals surface area (Å²) in [6, 6.07) is 11.1. The van der Waals surface area contributed by atoms with Crippen molar-refractivity contribution in [3.05, 3.63) is 89.0 Å². The number of piperidine rings is 1. The van der Waals surface area contributed by atoms with Crippen LogP contribution in [0, 0.1) is 24.5 Å². The zero-order chi connectivity index (χ0) is 41.1. The van der Waals surface area contributed by atoms with Crippen LogP contribution in [0.1, 0.15) is 64.8 Å². The van der Waals surface area contributed by atoms with Gasteiger partial charge in [-0.1, -0.05) is 6.07 Å². The van der Waals surface area contributed by atoms with E-state index >= 15 is 8.78 Å². The molecule has 3 aromatic heterocycles. The smallest absolute Gasteiger partial charge is 0.262 e. The molecule has 0 aliphatic carbocycles. The Hall–Kier alpha value is -6.20.